The maximum atomic E-state index is 11.7. The van der Waals surface area contributed by atoms with E-state index in [1.165, 1.54) is 0 Å². The van der Waals surface area contributed by atoms with Crippen molar-refractivity contribution < 1.29 is 9.90 Å². The van der Waals surface area contributed by atoms with Gasteiger partial charge in [0.2, 0.25) is 0 Å². The van der Waals surface area contributed by atoms with E-state index in [9.17, 15) is 15.2 Å². The van der Waals surface area contributed by atoms with Crippen molar-refractivity contribution >= 4 is 28.4 Å². The molecule has 5 rings (SSSR count). The number of aryl methyl sites for hydroxylation is 1. The summed E-state index contributed by atoms with van der Waals surface area (Å²) in [4.78, 5) is 23.8. The molecule has 0 aliphatic carbocycles. The lowest BCUT2D eigenvalue weighted by molar-refractivity contribution is 0.0698. The van der Waals surface area contributed by atoms with Crippen LogP contribution in [0.5, 0.6) is 0 Å². The van der Waals surface area contributed by atoms with Crippen LogP contribution in [0.1, 0.15) is 70.2 Å². The Morgan fingerprint density at radius 2 is 1.77 bits per heavy atom. The summed E-state index contributed by atoms with van der Waals surface area (Å²) in [5.41, 5.74) is 6.78. The van der Waals surface area contributed by atoms with Gasteiger partial charge in [-0.1, -0.05) is 18.2 Å². The van der Waals surface area contributed by atoms with Crippen LogP contribution < -0.4 is 10.2 Å². The topological polar surface area (TPSA) is 126 Å². The summed E-state index contributed by atoms with van der Waals surface area (Å²) in [6.07, 6.45) is 1.66. The van der Waals surface area contributed by atoms with Crippen molar-refractivity contribution in [3.8, 4) is 12.1 Å². The Bertz CT molecular complexity index is 1630. The molecule has 0 unspecified atom stereocenters. The molecular weight excluding hydrogens is 488 g/mol. The molecule has 1 fully saturated rings. The number of anilines is 2. The second kappa shape index (κ2) is 10.8. The van der Waals surface area contributed by atoms with E-state index in [1.807, 2.05) is 50.2 Å². The average molecular weight is 517 g/mol. The van der Waals surface area contributed by atoms with Gasteiger partial charge in [0.15, 0.2) is 5.69 Å². The van der Waals surface area contributed by atoms with E-state index >= 15 is 0 Å². The van der Waals surface area contributed by atoms with Gasteiger partial charge in [0.25, 0.3) is 0 Å². The van der Waals surface area contributed by atoms with Crippen molar-refractivity contribution in [2.24, 2.45) is 0 Å². The fourth-order valence-corrected chi connectivity index (χ4v) is 5.31. The number of aromatic nitrogens is 2. The van der Waals surface area contributed by atoms with Crippen molar-refractivity contribution in [1.29, 1.82) is 10.5 Å². The van der Waals surface area contributed by atoms with Gasteiger partial charge in [-0.25, -0.2) is 14.8 Å². The standard InChI is InChI=1S/C31H28N6O2/c1-19-15-25(20(2)34-26-6-4-3-5-24(26)31(38)39)30-27(16-19)35-28(18-33)29(36-30)22-11-13-37(14-12-22)23-9-7-21(17-32)8-10-23/h3-10,15-16,20,22,34H,11-14H2,1-2H3,(H,38,39)/t20-/m1/s1. The average Bonchev–Trinajstić information content (AvgIpc) is 2.96. The van der Waals surface area contributed by atoms with Crippen LogP contribution in [-0.4, -0.2) is 34.1 Å². The largest absolute Gasteiger partial charge is 0.478 e. The van der Waals surface area contributed by atoms with Gasteiger partial charge in [-0.15, -0.1) is 0 Å². The number of para-hydroxylation sites is 1. The molecule has 1 aliphatic heterocycles. The quantitative estimate of drug-likeness (QED) is 0.323. The van der Waals surface area contributed by atoms with E-state index in [4.69, 9.17) is 15.2 Å². The Kier molecular flexibility index (Phi) is 7.12. The van der Waals surface area contributed by atoms with Crippen LogP contribution in [0.15, 0.2) is 60.7 Å². The van der Waals surface area contributed by atoms with E-state index in [0.717, 1.165) is 48.3 Å². The maximum Gasteiger partial charge on any atom is 0.337 e. The number of benzene rings is 3. The van der Waals surface area contributed by atoms with Crippen LogP contribution >= 0.6 is 0 Å². The molecule has 0 amide bonds. The number of fused-ring (bicyclic) bond motifs is 1. The second-order valence-corrected chi connectivity index (χ2v) is 9.93. The molecule has 0 bridgehead atoms. The minimum atomic E-state index is -0.993. The summed E-state index contributed by atoms with van der Waals surface area (Å²) in [6, 6.07) is 22.6. The predicted molar refractivity (Wildman–Crippen MR) is 150 cm³/mol. The number of rotatable bonds is 6. The van der Waals surface area contributed by atoms with Crippen LogP contribution in [0.3, 0.4) is 0 Å². The van der Waals surface area contributed by atoms with Crippen LogP contribution in [-0.2, 0) is 0 Å². The fraction of sp³-hybridized carbons (Fsp3) is 0.258. The van der Waals surface area contributed by atoms with E-state index in [0.29, 0.717) is 28.2 Å². The molecule has 8 heteroatoms. The molecule has 1 aliphatic rings. The number of piperidine rings is 1. The third-order valence-electron chi connectivity index (χ3n) is 7.32. The second-order valence-electron chi connectivity index (χ2n) is 9.93. The number of carboxylic acids is 1. The van der Waals surface area contributed by atoms with Gasteiger partial charge in [0.05, 0.1) is 40.0 Å². The van der Waals surface area contributed by atoms with E-state index < -0.39 is 5.97 Å². The van der Waals surface area contributed by atoms with E-state index in [2.05, 4.69) is 22.4 Å². The van der Waals surface area contributed by atoms with Gasteiger partial charge in [-0.2, -0.15) is 10.5 Å². The first kappa shape index (κ1) is 25.7. The third kappa shape index (κ3) is 5.23. The fourth-order valence-electron chi connectivity index (χ4n) is 5.31. The Morgan fingerprint density at radius 3 is 2.44 bits per heavy atom. The van der Waals surface area contributed by atoms with Crippen LogP contribution in [0.25, 0.3) is 11.0 Å². The number of nitrogens with one attached hydrogen (secondary N) is 1. The Labute approximate surface area is 227 Å². The molecule has 194 valence electrons. The smallest absolute Gasteiger partial charge is 0.337 e. The Morgan fingerprint density at radius 1 is 1.05 bits per heavy atom. The summed E-state index contributed by atoms with van der Waals surface area (Å²) >= 11 is 0. The van der Waals surface area contributed by atoms with Gasteiger partial charge in [-0.05, 0) is 74.7 Å². The zero-order chi connectivity index (χ0) is 27.5. The molecule has 1 saturated heterocycles. The van der Waals surface area contributed by atoms with Crippen LogP contribution in [0.2, 0.25) is 0 Å². The SMILES string of the molecule is Cc1cc([C@@H](C)Nc2ccccc2C(=O)O)c2nc(C3CCN(c4ccc(C#N)cc4)CC3)c(C#N)nc2c1. The molecule has 0 saturated carbocycles. The van der Waals surface area contributed by atoms with Crippen LogP contribution in [0.4, 0.5) is 11.4 Å². The first-order valence-electron chi connectivity index (χ1n) is 12.9. The summed E-state index contributed by atoms with van der Waals surface area (Å²) in [5, 5.41) is 32.0. The zero-order valence-electron chi connectivity index (χ0n) is 21.8. The van der Waals surface area contributed by atoms with Gasteiger partial charge >= 0.3 is 5.97 Å². The Hall–Kier alpha value is -4.95. The monoisotopic (exact) mass is 516 g/mol. The molecular formula is C31H28N6O2. The molecule has 3 aromatic carbocycles. The maximum absolute atomic E-state index is 11.7. The number of hydrogen-bond donors (Lipinski definition) is 2. The molecule has 2 heterocycles. The minimum Gasteiger partial charge on any atom is -0.478 e. The first-order valence-corrected chi connectivity index (χ1v) is 12.9. The third-order valence-corrected chi connectivity index (χ3v) is 7.32. The first-order chi connectivity index (χ1) is 18.9. The van der Waals surface area contributed by atoms with Crippen molar-refractivity contribution in [2.75, 3.05) is 23.3 Å². The van der Waals surface area contributed by atoms with Gasteiger partial charge in [0, 0.05) is 35.9 Å². The summed E-state index contributed by atoms with van der Waals surface area (Å²) in [5.74, 6) is -0.899. The van der Waals surface area contributed by atoms with E-state index in [1.54, 1.807) is 24.3 Å². The number of carboxylic acid groups (broad SMARTS) is 1. The highest BCUT2D eigenvalue weighted by atomic mass is 16.4. The number of hydrogen-bond acceptors (Lipinski definition) is 7. The zero-order valence-corrected chi connectivity index (χ0v) is 21.8. The van der Waals surface area contributed by atoms with Crippen molar-refractivity contribution in [2.45, 2.75) is 38.6 Å². The highest BCUT2D eigenvalue weighted by Gasteiger charge is 2.26. The summed E-state index contributed by atoms with van der Waals surface area (Å²) in [7, 11) is 0. The van der Waals surface area contributed by atoms with E-state index in [-0.39, 0.29) is 17.5 Å². The summed E-state index contributed by atoms with van der Waals surface area (Å²) in [6.45, 7) is 5.57. The number of nitrogens with zero attached hydrogens (tertiary/aromatic N) is 5. The lowest BCUT2D eigenvalue weighted by Crippen LogP contribution is -2.33. The van der Waals surface area contributed by atoms with Crippen LogP contribution in [0, 0.1) is 29.6 Å². The molecule has 0 spiro atoms. The number of nitriles is 2. The molecule has 4 aromatic rings. The highest BCUT2D eigenvalue weighted by Crippen LogP contribution is 2.34. The molecule has 39 heavy (non-hydrogen) atoms. The molecule has 8 nitrogen and oxygen atoms in total. The number of carbonyl (C=O) groups is 1. The number of aromatic carboxylic acids is 1. The minimum absolute atomic E-state index is 0.0938. The van der Waals surface area contributed by atoms with Crippen molar-refractivity contribution in [3.05, 3.63) is 94.3 Å². The normalized spacial score (nSPS) is 14.4. The van der Waals surface area contributed by atoms with Gasteiger partial charge in [0.1, 0.15) is 6.07 Å². The van der Waals surface area contributed by atoms with Gasteiger partial charge in [-0.3, -0.25) is 0 Å². The molecule has 0 radical (unpaired) electrons. The molecule has 2 N–H and O–H groups in total. The lowest BCUT2D eigenvalue weighted by Gasteiger charge is -2.33. The molecule has 1 aromatic heterocycles. The van der Waals surface area contributed by atoms with Gasteiger partial charge < -0.3 is 15.3 Å². The Balaban J connectivity index is 1.46. The van der Waals surface area contributed by atoms with Crippen molar-refractivity contribution in [3.63, 3.8) is 0 Å². The van der Waals surface area contributed by atoms with Crippen molar-refractivity contribution in [1.82, 2.24) is 9.97 Å². The lowest BCUT2D eigenvalue weighted by atomic mass is 9.91. The predicted octanol–water partition coefficient (Wildman–Crippen LogP) is 5.94. The highest BCUT2D eigenvalue weighted by molar-refractivity contribution is 5.94. The molecule has 1 atom stereocenters. The summed E-state index contributed by atoms with van der Waals surface area (Å²) < 4.78 is 0.